The van der Waals surface area contributed by atoms with Gasteiger partial charge in [0.15, 0.2) is 0 Å². The van der Waals surface area contributed by atoms with Crippen LogP contribution in [0.3, 0.4) is 0 Å². The molecule has 7 nitrogen and oxygen atoms in total. The summed E-state index contributed by atoms with van der Waals surface area (Å²) in [6.45, 7) is 1.15. The first-order valence-electron chi connectivity index (χ1n) is 9.20. The molecule has 0 bridgehead atoms. The van der Waals surface area contributed by atoms with Crippen molar-refractivity contribution >= 4 is 17.8 Å². The van der Waals surface area contributed by atoms with Crippen LogP contribution < -0.4 is 5.32 Å². The molecular weight excluding hydrogens is 379 g/mol. The van der Waals surface area contributed by atoms with Crippen molar-refractivity contribution < 1.29 is 28.2 Å². The second-order valence-corrected chi connectivity index (χ2v) is 6.38. The van der Waals surface area contributed by atoms with Gasteiger partial charge in [-0.3, -0.25) is 14.4 Å². The van der Waals surface area contributed by atoms with Crippen LogP contribution in [0.4, 0.5) is 4.39 Å². The molecule has 2 aromatic rings. The Hall–Kier alpha value is -3.26. The van der Waals surface area contributed by atoms with Crippen molar-refractivity contribution in [2.24, 2.45) is 0 Å². The Balaban J connectivity index is 1.65. The second kappa shape index (κ2) is 9.79. The van der Waals surface area contributed by atoms with Gasteiger partial charge in [-0.15, -0.1) is 0 Å². The Labute approximate surface area is 167 Å². The third-order valence-corrected chi connectivity index (χ3v) is 4.41. The molecular formula is C21H21FN2O5. The van der Waals surface area contributed by atoms with Gasteiger partial charge in [0.2, 0.25) is 6.10 Å². The average molecular weight is 400 g/mol. The first-order valence-corrected chi connectivity index (χ1v) is 9.20. The number of nitrogens with one attached hydrogen (secondary N) is 1. The van der Waals surface area contributed by atoms with Gasteiger partial charge in [-0.1, -0.05) is 42.5 Å². The lowest BCUT2D eigenvalue weighted by Gasteiger charge is -2.30. The van der Waals surface area contributed by atoms with E-state index in [-0.39, 0.29) is 11.5 Å². The van der Waals surface area contributed by atoms with E-state index >= 15 is 0 Å². The standard InChI is InChI=1S/C21H21FN2O5/c22-17-9-5-4-8-16(17)20(26)23-14-18(25)29-19(15-6-2-1-3-7-15)21(27)24-10-12-28-13-11-24/h1-9,19H,10-14H2,(H,23,26)/t19-/m1/s1. The zero-order valence-electron chi connectivity index (χ0n) is 15.7. The minimum absolute atomic E-state index is 0.177. The van der Waals surface area contributed by atoms with Crippen LogP contribution in [0, 0.1) is 5.82 Å². The van der Waals surface area contributed by atoms with E-state index in [0.29, 0.717) is 31.9 Å². The number of halogens is 1. The average Bonchev–Trinajstić information content (AvgIpc) is 2.77. The monoisotopic (exact) mass is 400 g/mol. The fourth-order valence-electron chi connectivity index (χ4n) is 2.90. The lowest BCUT2D eigenvalue weighted by Crippen LogP contribution is -2.44. The fourth-order valence-corrected chi connectivity index (χ4v) is 2.90. The highest BCUT2D eigenvalue weighted by atomic mass is 19.1. The molecule has 0 aromatic heterocycles. The Morgan fingerprint density at radius 3 is 2.38 bits per heavy atom. The number of ether oxygens (including phenoxy) is 2. The molecule has 1 fully saturated rings. The van der Waals surface area contributed by atoms with Gasteiger partial charge in [0.05, 0.1) is 18.8 Å². The molecule has 0 radical (unpaired) electrons. The van der Waals surface area contributed by atoms with E-state index in [9.17, 15) is 18.8 Å². The van der Waals surface area contributed by atoms with Crippen LogP contribution in [0.5, 0.6) is 0 Å². The molecule has 0 saturated carbocycles. The van der Waals surface area contributed by atoms with Crippen LogP contribution in [0.1, 0.15) is 22.0 Å². The topological polar surface area (TPSA) is 84.9 Å². The number of carbonyl (C=O) groups is 3. The van der Waals surface area contributed by atoms with Crippen LogP contribution in [0.15, 0.2) is 54.6 Å². The van der Waals surface area contributed by atoms with Gasteiger partial charge >= 0.3 is 5.97 Å². The number of esters is 1. The molecule has 1 atom stereocenters. The van der Waals surface area contributed by atoms with E-state index in [1.165, 1.54) is 18.2 Å². The van der Waals surface area contributed by atoms with Crippen molar-refractivity contribution in [1.82, 2.24) is 10.2 Å². The van der Waals surface area contributed by atoms with Gasteiger partial charge in [0.25, 0.3) is 11.8 Å². The third kappa shape index (κ3) is 5.39. The highest BCUT2D eigenvalue weighted by Gasteiger charge is 2.30. The predicted octanol–water partition coefficient (Wildman–Crippen LogP) is 1.70. The van der Waals surface area contributed by atoms with Gasteiger partial charge < -0.3 is 19.7 Å². The minimum Gasteiger partial charge on any atom is -0.446 e. The molecule has 2 amide bonds. The molecule has 2 aromatic carbocycles. The largest absolute Gasteiger partial charge is 0.446 e. The Kier molecular flexibility index (Phi) is 6.91. The SMILES string of the molecule is O=C(CNC(=O)c1ccccc1F)O[C@@H](C(=O)N1CCOCC1)c1ccccc1. The molecule has 0 spiro atoms. The van der Waals surface area contributed by atoms with Crippen LogP contribution in [0.2, 0.25) is 0 Å². The summed E-state index contributed by atoms with van der Waals surface area (Å²) in [4.78, 5) is 38.8. The molecule has 0 unspecified atom stereocenters. The second-order valence-electron chi connectivity index (χ2n) is 6.38. The number of benzene rings is 2. The Morgan fingerprint density at radius 1 is 1.03 bits per heavy atom. The summed E-state index contributed by atoms with van der Waals surface area (Å²) in [6, 6.07) is 14.1. The van der Waals surface area contributed by atoms with Crippen molar-refractivity contribution in [1.29, 1.82) is 0 Å². The van der Waals surface area contributed by atoms with Gasteiger partial charge in [0.1, 0.15) is 12.4 Å². The van der Waals surface area contributed by atoms with E-state index in [4.69, 9.17) is 9.47 Å². The van der Waals surface area contributed by atoms with E-state index < -0.39 is 30.3 Å². The quantitative estimate of drug-likeness (QED) is 0.746. The molecule has 1 heterocycles. The van der Waals surface area contributed by atoms with Crippen LogP contribution >= 0.6 is 0 Å². The summed E-state index contributed by atoms with van der Waals surface area (Å²) in [5, 5.41) is 2.32. The van der Waals surface area contributed by atoms with Crippen LogP contribution in [-0.2, 0) is 19.1 Å². The number of rotatable bonds is 6. The molecule has 1 N–H and O–H groups in total. The highest BCUT2D eigenvalue weighted by Crippen LogP contribution is 2.21. The maximum atomic E-state index is 13.7. The first kappa shape index (κ1) is 20.5. The van der Waals surface area contributed by atoms with Gasteiger partial charge in [0, 0.05) is 18.7 Å². The third-order valence-electron chi connectivity index (χ3n) is 4.41. The van der Waals surface area contributed by atoms with Crippen molar-refractivity contribution in [2.45, 2.75) is 6.10 Å². The summed E-state index contributed by atoms with van der Waals surface area (Å²) in [6.07, 6.45) is -1.13. The summed E-state index contributed by atoms with van der Waals surface area (Å²) < 4.78 is 24.3. The van der Waals surface area contributed by atoms with Crippen LogP contribution in [-0.4, -0.2) is 55.5 Å². The lowest BCUT2D eigenvalue weighted by atomic mass is 10.1. The molecule has 152 valence electrons. The molecule has 1 aliphatic heterocycles. The van der Waals surface area contributed by atoms with Crippen molar-refractivity contribution in [2.75, 3.05) is 32.8 Å². The summed E-state index contributed by atoms with van der Waals surface area (Å²) in [5.74, 6) is -2.59. The molecule has 0 aliphatic carbocycles. The number of hydrogen-bond acceptors (Lipinski definition) is 5. The summed E-state index contributed by atoms with van der Waals surface area (Å²) in [7, 11) is 0. The summed E-state index contributed by atoms with van der Waals surface area (Å²) >= 11 is 0. The van der Waals surface area contributed by atoms with E-state index in [1.807, 2.05) is 0 Å². The van der Waals surface area contributed by atoms with Gasteiger partial charge in [-0.2, -0.15) is 0 Å². The number of nitrogens with zero attached hydrogens (tertiary/aromatic N) is 1. The van der Waals surface area contributed by atoms with Crippen molar-refractivity contribution in [3.63, 3.8) is 0 Å². The van der Waals surface area contributed by atoms with Gasteiger partial charge in [-0.05, 0) is 12.1 Å². The minimum atomic E-state index is -1.13. The lowest BCUT2D eigenvalue weighted by molar-refractivity contribution is -0.162. The van der Waals surface area contributed by atoms with E-state index in [2.05, 4.69) is 5.32 Å². The maximum absolute atomic E-state index is 13.7. The van der Waals surface area contributed by atoms with Crippen LogP contribution in [0.25, 0.3) is 0 Å². The normalized spacial score (nSPS) is 14.7. The molecule has 8 heteroatoms. The molecule has 1 aliphatic rings. The molecule has 29 heavy (non-hydrogen) atoms. The number of hydrogen-bond donors (Lipinski definition) is 1. The van der Waals surface area contributed by atoms with Crippen molar-refractivity contribution in [3.8, 4) is 0 Å². The maximum Gasteiger partial charge on any atom is 0.326 e. The smallest absolute Gasteiger partial charge is 0.326 e. The number of carbonyl (C=O) groups excluding carboxylic acids is 3. The zero-order chi connectivity index (χ0) is 20.6. The fraction of sp³-hybridized carbons (Fsp3) is 0.286. The highest BCUT2D eigenvalue weighted by molar-refractivity contribution is 5.96. The molecule has 3 rings (SSSR count). The molecule has 1 saturated heterocycles. The predicted molar refractivity (Wildman–Crippen MR) is 101 cm³/mol. The van der Waals surface area contributed by atoms with E-state index in [0.717, 1.165) is 6.07 Å². The summed E-state index contributed by atoms with van der Waals surface area (Å²) in [5.41, 5.74) is 0.349. The Morgan fingerprint density at radius 2 is 1.69 bits per heavy atom. The van der Waals surface area contributed by atoms with Gasteiger partial charge in [-0.25, -0.2) is 4.39 Å². The Bertz CT molecular complexity index is 868. The first-order chi connectivity index (χ1) is 14.1. The van der Waals surface area contributed by atoms with Crippen molar-refractivity contribution in [3.05, 3.63) is 71.5 Å². The number of morpholine rings is 1. The number of amides is 2. The van der Waals surface area contributed by atoms with E-state index in [1.54, 1.807) is 35.2 Å². The zero-order valence-corrected chi connectivity index (χ0v) is 15.7.